The van der Waals surface area contributed by atoms with E-state index in [1.54, 1.807) is 39.0 Å². The van der Waals surface area contributed by atoms with Gasteiger partial charge in [0.15, 0.2) is 5.17 Å². The van der Waals surface area contributed by atoms with Gasteiger partial charge >= 0.3 is 6.09 Å². The Morgan fingerprint density at radius 1 is 1.44 bits per heavy atom. The van der Waals surface area contributed by atoms with Crippen LogP contribution >= 0.6 is 11.8 Å². The number of nitrogens with zero attached hydrogens (tertiary/aromatic N) is 1. The second-order valence-corrected chi connectivity index (χ2v) is 8.56. The van der Waals surface area contributed by atoms with E-state index in [2.05, 4.69) is 5.32 Å². The highest BCUT2D eigenvalue weighted by atomic mass is 32.2. The Morgan fingerprint density at radius 2 is 2.16 bits per heavy atom. The number of aliphatic imine (C=N–C) groups is 1. The lowest BCUT2D eigenvalue weighted by Gasteiger charge is -2.36. The molecule has 1 amide bonds. The van der Waals surface area contributed by atoms with Gasteiger partial charge in [-0.3, -0.25) is 10.3 Å². The smallest absolute Gasteiger partial charge is 0.413 e. The molecule has 25 heavy (non-hydrogen) atoms. The maximum absolute atomic E-state index is 14.5. The number of aliphatic hydroxyl groups excluding tert-OH is 1. The van der Waals surface area contributed by atoms with Gasteiger partial charge in [-0.1, -0.05) is 30.0 Å². The van der Waals surface area contributed by atoms with Crippen molar-refractivity contribution in [2.45, 2.75) is 50.9 Å². The summed E-state index contributed by atoms with van der Waals surface area (Å²) < 4.78 is 19.7. The van der Waals surface area contributed by atoms with Crippen molar-refractivity contribution in [2.75, 3.05) is 5.75 Å². The summed E-state index contributed by atoms with van der Waals surface area (Å²) in [5.41, 5.74) is -0.986. The third-order valence-corrected chi connectivity index (χ3v) is 5.49. The van der Waals surface area contributed by atoms with Gasteiger partial charge in [-0.2, -0.15) is 0 Å². The van der Waals surface area contributed by atoms with Crippen molar-refractivity contribution in [3.8, 4) is 0 Å². The zero-order valence-electron chi connectivity index (χ0n) is 14.6. The number of ether oxygens (including phenoxy) is 1. The molecule has 7 heteroatoms. The average Bonchev–Trinajstić information content (AvgIpc) is 2.81. The quantitative estimate of drug-likeness (QED) is 0.799. The Morgan fingerprint density at radius 3 is 2.84 bits per heavy atom. The van der Waals surface area contributed by atoms with Crippen molar-refractivity contribution in [3.05, 3.63) is 35.6 Å². The Kier molecular flexibility index (Phi) is 4.81. The number of nitrogens with one attached hydrogen (secondary N) is 1. The molecule has 3 atom stereocenters. The molecule has 2 N–H and O–H groups in total. The van der Waals surface area contributed by atoms with Crippen LogP contribution in [0.2, 0.25) is 0 Å². The predicted molar refractivity (Wildman–Crippen MR) is 96.1 cm³/mol. The molecule has 5 nitrogen and oxygen atoms in total. The minimum absolute atomic E-state index is 0.0218. The van der Waals surface area contributed by atoms with Crippen LogP contribution in [0, 0.1) is 11.7 Å². The highest BCUT2D eigenvalue weighted by Gasteiger charge is 2.51. The topological polar surface area (TPSA) is 70.9 Å². The Bertz CT molecular complexity index is 704. The minimum atomic E-state index is -0.847. The largest absolute Gasteiger partial charge is 0.444 e. The van der Waals surface area contributed by atoms with Crippen LogP contribution in [0.1, 0.15) is 39.2 Å². The van der Waals surface area contributed by atoms with E-state index in [1.807, 2.05) is 0 Å². The first-order valence-electron chi connectivity index (χ1n) is 8.35. The number of amidine groups is 1. The molecule has 1 aliphatic heterocycles. The molecule has 0 radical (unpaired) electrons. The third kappa shape index (κ3) is 3.82. The lowest BCUT2D eigenvalue weighted by atomic mass is 9.81. The Hall–Kier alpha value is -1.60. The molecule has 2 unspecified atom stereocenters. The number of halogens is 1. The summed E-state index contributed by atoms with van der Waals surface area (Å²) in [5, 5.41) is 13.3. The van der Waals surface area contributed by atoms with Crippen LogP contribution in [-0.2, 0) is 10.3 Å². The van der Waals surface area contributed by atoms with Crippen molar-refractivity contribution in [2.24, 2.45) is 10.9 Å². The molecule has 1 heterocycles. The van der Waals surface area contributed by atoms with Gasteiger partial charge in [-0.05, 0) is 33.3 Å². The summed E-state index contributed by atoms with van der Waals surface area (Å²) in [6, 6.07) is 6.53. The van der Waals surface area contributed by atoms with Crippen LogP contribution in [0.5, 0.6) is 0 Å². The SMILES string of the molecule is CC(C)(C)OC(=O)NC1=NC2(c3ccccc3F)C[C@H](O)CC2CS1. The lowest BCUT2D eigenvalue weighted by Crippen LogP contribution is -2.42. The monoisotopic (exact) mass is 366 g/mol. The molecular formula is C18H23FN2O3S. The second kappa shape index (κ2) is 6.61. The number of hydrogen-bond acceptors (Lipinski definition) is 5. The fourth-order valence-corrected chi connectivity index (χ4v) is 4.68. The maximum atomic E-state index is 14.5. The number of aliphatic hydroxyl groups is 1. The first-order chi connectivity index (χ1) is 11.7. The summed E-state index contributed by atoms with van der Waals surface area (Å²) in [6.45, 7) is 5.35. The number of carbonyl (C=O) groups is 1. The first-order valence-corrected chi connectivity index (χ1v) is 9.34. The summed E-state index contributed by atoms with van der Waals surface area (Å²) in [7, 11) is 0. The van der Waals surface area contributed by atoms with Crippen molar-refractivity contribution >= 4 is 23.0 Å². The zero-order valence-corrected chi connectivity index (χ0v) is 15.4. The van der Waals surface area contributed by atoms with Gasteiger partial charge in [0.2, 0.25) is 0 Å². The van der Waals surface area contributed by atoms with Crippen LogP contribution in [-0.4, -0.2) is 33.8 Å². The maximum Gasteiger partial charge on any atom is 0.413 e. The van der Waals surface area contributed by atoms with Gasteiger partial charge in [-0.25, -0.2) is 9.18 Å². The van der Waals surface area contributed by atoms with E-state index >= 15 is 0 Å². The summed E-state index contributed by atoms with van der Waals surface area (Å²) >= 11 is 1.40. The van der Waals surface area contributed by atoms with E-state index in [0.29, 0.717) is 29.3 Å². The van der Waals surface area contributed by atoms with E-state index in [0.717, 1.165) is 0 Å². The zero-order chi connectivity index (χ0) is 18.2. The highest BCUT2D eigenvalue weighted by Crippen LogP contribution is 2.51. The van der Waals surface area contributed by atoms with E-state index in [-0.39, 0.29) is 11.7 Å². The number of carbonyl (C=O) groups excluding carboxylic acids is 1. The van der Waals surface area contributed by atoms with E-state index in [9.17, 15) is 14.3 Å². The molecule has 0 bridgehead atoms. The van der Waals surface area contributed by atoms with Crippen LogP contribution < -0.4 is 5.32 Å². The lowest BCUT2D eigenvalue weighted by molar-refractivity contribution is 0.0564. The molecule has 0 spiro atoms. The van der Waals surface area contributed by atoms with Gasteiger partial charge in [0.1, 0.15) is 11.4 Å². The number of amides is 1. The van der Waals surface area contributed by atoms with Gasteiger partial charge in [0.05, 0.1) is 11.6 Å². The molecule has 0 aromatic heterocycles. The molecule has 3 rings (SSSR count). The summed E-state index contributed by atoms with van der Waals surface area (Å²) in [4.78, 5) is 16.7. The van der Waals surface area contributed by atoms with Crippen molar-refractivity contribution in [3.63, 3.8) is 0 Å². The molecule has 1 fully saturated rings. The van der Waals surface area contributed by atoms with E-state index in [4.69, 9.17) is 9.73 Å². The number of hydrogen-bond donors (Lipinski definition) is 2. The van der Waals surface area contributed by atoms with Gasteiger partial charge in [-0.15, -0.1) is 0 Å². The van der Waals surface area contributed by atoms with Crippen molar-refractivity contribution < 1.29 is 19.0 Å². The molecule has 136 valence electrons. The Balaban J connectivity index is 1.92. The number of fused-ring (bicyclic) bond motifs is 1. The fraction of sp³-hybridized carbons (Fsp3) is 0.556. The standard InChI is InChI=1S/C18H23FN2O3S/c1-17(2,3)24-16(23)20-15-21-18(13-6-4-5-7-14(13)19)9-12(22)8-11(18)10-25-15/h4-7,11-12,22H,8-10H2,1-3H3,(H,20,21,23)/t11?,12-,18?/m1/s1. The number of alkyl carbamates (subject to hydrolysis) is 1. The fourth-order valence-electron chi connectivity index (χ4n) is 3.53. The van der Waals surface area contributed by atoms with E-state index < -0.39 is 23.3 Å². The van der Waals surface area contributed by atoms with Gasteiger partial charge < -0.3 is 9.84 Å². The molecular weight excluding hydrogens is 343 g/mol. The molecule has 1 aromatic rings. The third-order valence-electron chi connectivity index (χ3n) is 4.45. The normalized spacial score (nSPS) is 28.9. The van der Waals surface area contributed by atoms with E-state index in [1.165, 1.54) is 17.8 Å². The summed E-state index contributed by atoms with van der Waals surface area (Å²) in [5.74, 6) is 0.336. The van der Waals surface area contributed by atoms with Crippen molar-refractivity contribution in [1.29, 1.82) is 0 Å². The molecule has 1 aromatic carbocycles. The summed E-state index contributed by atoms with van der Waals surface area (Å²) in [6.07, 6.45) is -0.197. The van der Waals surface area contributed by atoms with Crippen LogP contribution in [0.15, 0.2) is 29.3 Å². The predicted octanol–water partition coefficient (Wildman–Crippen LogP) is 3.42. The number of benzene rings is 1. The number of rotatable bonds is 1. The Labute approximate surface area is 151 Å². The van der Waals surface area contributed by atoms with Gasteiger partial charge in [0, 0.05) is 23.7 Å². The van der Waals surface area contributed by atoms with Crippen LogP contribution in [0.25, 0.3) is 0 Å². The van der Waals surface area contributed by atoms with Crippen molar-refractivity contribution in [1.82, 2.24) is 5.32 Å². The van der Waals surface area contributed by atoms with Gasteiger partial charge in [0.25, 0.3) is 0 Å². The molecule has 0 saturated heterocycles. The molecule has 1 saturated carbocycles. The average molecular weight is 366 g/mol. The minimum Gasteiger partial charge on any atom is -0.444 e. The molecule has 2 aliphatic rings. The first kappa shape index (κ1) is 18.2. The van der Waals surface area contributed by atoms with Crippen LogP contribution in [0.4, 0.5) is 9.18 Å². The highest BCUT2D eigenvalue weighted by molar-refractivity contribution is 8.13. The van der Waals surface area contributed by atoms with Crippen LogP contribution in [0.3, 0.4) is 0 Å². The second-order valence-electron chi connectivity index (χ2n) is 7.55. The molecule has 1 aliphatic carbocycles. The number of thioether (sulfide) groups is 1.